The van der Waals surface area contributed by atoms with Gasteiger partial charge in [-0.1, -0.05) is 23.7 Å². The molecule has 0 saturated heterocycles. The molecule has 5 heteroatoms. The second-order valence-electron chi connectivity index (χ2n) is 4.23. The molecule has 3 nitrogen and oxygen atoms in total. The molecule has 0 amide bonds. The molecule has 1 heterocycles. The minimum Gasteiger partial charge on any atom is -0.497 e. The highest BCUT2D eigenvalue weighted by molar-refractivity contribution is 6.34. The van der Waals surface area contributed by atoms with Gasteiger partial charge in [0.25, 0.3) is 0 Å². The fraction of sp³-hybridized carbons (Fsp3) is 0.0667. The van der Waals surface area contributed by atoms with Crippen molar-refractivity contribution < 1.29 is 9.13 Å². The molecule has 0 unspecified atom stereocenters. The van der Waals surface area contributed by atoms with Gasteiger partial charge in [-0.2, -0.15) is 0 Å². The van der Waals surface area contributed by atoms with Gasteiger partial charge in [-0.3, -0.25) is 0 Å². The van der Waals surface area contributed by atoms with Gasteiger partial charge in [0.2, 0.25) is 0 Å². The van der Waals surface area contributed by atoms with Gasteiger partial charge in [0.05, 0.1) is 12.6 Å². The molecule has 0 spiro atoms. The molecule has 20 heavy (non-hydrogen) atoms. The molecule has 0 saturated carbocycles. The minimum absolute atomic E-state index is 0.299. The number of nitrogens with zero attached hydrogens (tertiary/aromatic N) is 2. The van der Waals surface area contributed by atoms with Gasteiger partial charge in [0, 0.05) is 17.0 Å². The van der Waals surface area contributed by atoms with E-state index in [4.69, 9.17) is 16.3 Å². The summed E-state index contributed by atoms with van der Waals surface area (Å²) in [6.45, 7) is 0. The molecule has 0 radical (unpaired) electrons. The van der Waals surface area contributed by atoms with Crippen molar-refractivity contribution in [2.24, 2.45) is 0 Å². The van der Waals surface area contributed by atoms with Gasteiger partial charge in [0.15, 0.2) is 5.82 Å². The van der Waals surface area contributed by atoms with Crippen LogP contribution in [0.2, 0.25) is 5.15 Å². The number of aromatic nitrogens is 2. The number of rotatable bonds is 2. The maximum Gasteiger partial charge on any atom is 0.161 e. The highest BCUT2D eigenvalue weighted by atomic mass is 35.5. The van der Waals surface area contributed by atoms with Crippen LogP contribution in [0.3, 0.4) is 0 Å². The molecule has 0 atom stereocenters. The van der Waals surface area contributed by atoms with Crippen molar-refractivity contribution in [2.45, 2.75) is 0 Å². The normalized spacial score (nSPS) is 10.8. The van der Waals surface area contributed by atoms with Crippen molar-refractivity contribution in [3.05, 3.63) is 53.4 Å². The van der Waals surface area contributed by atoms with Crippen molar-refractivity contribution in [1.82, 2.24) is 9.97 Å². The lowest BCUT2D eigenvalue weighted by Crippen LogP contribution is -1.93. The zero-order chi connectivity index (χ0) is 14.1. The van der Waals surface area contributed by atoms with Gasteiger partial charge < -0.3 is 4.74 Å². The Kier molecular flexibility index (Phi) is 3.24. The molecule has 3 aromatic rings. The van der Waals surface area contributed by atoms with E-state index in [1.165, 1.54) is 12.1 Å². The standard InChI is InChI=1S/C15H10ClFN2O/c1-20-11-4-2-3-9(7-11)15-18-13-8-10(17)5-6-12(13)14(16)19-15/h2-8H,1H3. The Hall–Kier alpha value is -2.20. The average molecular weight is 289 g/mol. The molecule has 0 aliphatic rings. The zero-order valence-corrected chi connectivity index (χ0v) is 11.4. The lowest BCUT2D eigenvalue weighted by molar-refractivity contribution is 0.415. The molecule has 1 aromatic heterocycles. The maximum atomic E-state index is 13.3. The summed E-state index contributed by atoms with van der Waals surface area (Å²) in [4.78, 5) is 8.60. The van der Waals surface area contributed by atoms with Crippen LogP contribution in [0.4, 0.5) is 4.39 Å². The summed E-state index contributed by atoms with van der Waals surface area (Å²) in [6, 6.07) is 11.6. The molecule has 0 N–H and O–H groups in total. The summed E-state index contributed by atoms with van der Waals surface area (Å²) < 4.78 is 18.5. The minimum atomic E-state index is -0.358. The Bertz CT molecular complexity index is 792. The first-order chi connectivity index (χ1) is 9.67. The number of benzene rings is 2. The van der Waals surface area contributed by atoms with Crippen LogP contribution in [0.25, 0.3) is 22.3 Å². The van der Waals surface area contributed by atoms with Crippen LogP contribution < -0.4 is 4.74 Å². The van der Waals surface area contributed by atoms with Gasteiger partial charge in [-0.25, -0.2) is 14.4 Å². The number of halogens is 2. The topological polar surface area (TPSA) is 35.0 Å². The number of hydrogen-bond acceptors (Lipinski definition) is 3. The summed E-state index contributed by atoms with van der Waals surface area (Å²) in [6.07, 6.45) is 0. The second kappa shape index (κ2) is 5.06. The van der Waals surface area contributed by atoms with Crippen LogP contribution in [0.5, 0.6) is 5.75 Å². The molecule has 0 bridgehead atoms. The van der Waals surface area contributed by atoms with Crippen molar-refractivity contribution in [3.8, 4) is 17.1 Å². The second-order valence-corrected chi connectivity index (χ2v) is 4.59. The van der Waals surface area contributed by atoms with Crippen LogP contribution in [0.15, 0.2) is 42.5 Å². The fourth-order valence-corrected chi connectivity index (χ4v) is 2.20. The fourth-order valence-electron chi connectivity index (χ4n) is 1.96. The molecular weight excluding hydrogens is 279 g/mol. The number of hydrogen-bond donors (Lipinski definition) is 0. The third-order valence-corrected chi connectivity index (χ3v) is 3.23. The molecule has 3 rings (SSSR count). The number of ether oxygens (including phenoxy) is 1. The Morgan fingerprint density at radius 2 is 1.95 bits per heavy atom. The maximum absolute atomic E-state index is 13.3. The van der Waals surface area contributed by atoms with Crippen molar-refractivity contribution in [1.29, 1.82) is 0 Å². The van der Waals surface area contributed by atoms with E-state index in [1.54, 1.807) is 19.2 Å². The van der Waals surface area contributed by atoms with Crippen LogP contribution in [0.1, 0.15) is 0 Å². The third-order valence-electron chi connectivity index (χ3n) is 2.94. The smallest absolute Gasteiger partial charge is 0.161 e. The molecule has 0 aliphatic carbocycles. The van der Waals surface area contributed by atoms with E-state index in [9.17, 15) is 4.39 Å². The van der Waals surface area contributed by atoms with Gasteiger partial charge in [-0.05, 0) is 24.3 Å². The first kappa shape index (κ1) is 12.8. The average Bonchev–Trinajstić information content (AvgIpc) is 2.46. The van der Waals surface area contributed by atoms with Crippen LogP contribution in [-0.2, 0) is 0 Å². The van der Waals surface area contributed by atoms with E-state index < -0.39 is 0 Å². The lowest BCUT2D eigenvalue weighted by Gasteiger charge is -2.06. The van der Waals surface area contributed by atoms with Crippen molar-refractivity contribution in [2.75, 3.05) is 7.11 Å². The zero-order valence-electron chi connectivity index (χ0n) is 10.6. The largest absolute Gasteiger partial charge is 0.497 e. The van der Waals surface area contributed by atoms with Crippen LogP contribution in [0, 0.1) is 5.82 Å². The predicted molar refractivity (Wildman–Crippen MR) is 76.5 cm³/mol. The first-order valence-electron chi connectivity index (χ1n) is 5.94. The van der Waals surface area contributed by atoms with E-state index in [-0.39, 0.29) is 5.82 Å². The molecule has 100 valence electrons. The van der Waals surface area contributed by atoms with Crippen LogP contribution in [-0.4, -0.2) is 17.1 Å². The SMILES string of the molecule is COc1cccc(-c2nc(Cl)c3ccc(F)cc3n2)c1. The number of fused-ring (bicyclic) bond motifs is 1. The highest BCUT2D eigenvalue weighted by Gasteiger charge is 2.09. The Labute approximate surface area is 120 Å². The van der Waals surface area contributed by atoms with E-state index in [0.717, 1.165) is 5.56 Å². The summed E-state index contributed by atoms with van der Waals surface area (Å²) in [7, 11) is 1.59. The number of methoxy groups -OCH3 is 1. The molecule has 0 fully saturated rings. The van der Waals surface area contributed by atoms with Crippen molar-refractivity contribution >= 4 is 22.5 Å². The first-order valence-corrected chi connectivity index (χ1v) is 6.32. The molecule has 0 aliphatic heterocycles. The molecular formula is C15H10ClFN2O. The van der Waals surface area contributed by atoms with E-state index in [0.29, 0.717) is 27.6 Å². The Balaban J connectivity index is 2.20. The lowest BCUT2D eigenvalue weighted by atomic mass is 10.2. The molecule has 2 aromatic carbocycles. The monoisotopic (exact) mass is 288 g/mol. The van der Waals surface area contributed by atoms with Crippen molar-refractivity contribution in [3.63, 3.8) is 0 Å². The summed E-state index contributed by atoms with van der Waals surface area (Å²) >= 11 is 6.13. The van der Waals surface area contributed by atoms with Gasteiger partial charge in [-0.15, -0.1) is 0 Å². The van der Waals surface area contributed by atoms with Gasteiger partial charge in [0.1, 0.15) is 16.7 Å². The third kappa shape index (κ3) is 2.30. The quantitative estimate of drug-likeness (QED) is 0.666. The highest BCUT2D eigenvalue weighted by Crippen LogP contribution is 2.27. The summed E-state index contributed by atoms with van der Waals surface area (Å²) in [5.41, 5.74) is 1.24. The van der Waals surface area contributed by atoms with E-state index in [1.807, 2.05) is 18.2 Å². The van der Waals surface area contributed by atoms with Gasteiger partial charge >= 0.3 is 0 Å². The van der Waals surface area contributed by atoms with E-state index >= 15 is 0 Å². The van der Waals surface area contributed by atoms with E-state index in [2.05, 4.69) is 9.97 Å². The summed E-state index contributed by atoms with van der Waals surface area (Å²) in [5, 5.41) is 0.924. The predicted octanol–water partition coefficient (Wildman–Crippen LogP) is 4.10. The summed E-state index contributed by atoms with van der Waals surface area (Å²) in [5.74, 6) is 0.775. The Morgan fingerprint density at radius 1 is 1.10 bits per heavy atom. The Morgan fingerprint density at radius 3 is 2.75 bits per heavy atom. The van der Waals surface area contributed by atoms with Crippen LogP contribution >= 0.6 is 11.6 Å².